The van der Waals surface area contributed by atoms with E-state index in [4.69, 9.17) is 5.73 Å². The molecular formula is C8H15BrN4. The number of nitrogens with two attached hydrogens (primary N) is 1. The van der Waals surface area contributed by atoms with E-state index >= 15 is 0 Å². The van der Waals surface area contributed by atoms with Crippen molar-refractivity contribution in [1.29, 1.82) is 0 Å². The minimum Gasteiger partial charge on any atom is -0.330 e. The summed E-state index contributed by atoms with van der Waals surface area (Å²) in [5, 5.41) is 7.88. The molecule has 0 spiro atoms. The van der Waals surface area contributed by atoms with Gasteiger partial charge in [0.2, 0.25) is 0 Å². The van der Waals surface area contributed by atoms with Gasteiger partial charge in [0, 0.05) is 13.0 Å². The highest BCUT2D eigenvalue weighted by Gasteiger charge is 2.20. The smallest absolute Gasteiger partial charge is 0.151 e. The lowest BCUT2D eigenvalue weighted by Crippen LogP contribution is -2.19. The molecule has 13 heavy (non-hydrogen) atoms. The molecule has 0 fully saturated rings. The topological polar surface area (TPSA) is 56.7 Å². The van der Waals surface area contributed by atoms with Crippen molar-refractivity contribution in [3.63, 3.8) is 0 Å². The molecule has 2 unspecified atom stereocenters. The normalized spacial score (nSPS) is 15.8. The van der Waals surface area contributed by atoms with Crippen LogP contribution < -0.4 is 5.73 Å². The maximum Gasteiger partial charge on any atom is 0.151 e. The maximum atomic E-state index is 5.61. The van der Waals surface area contributed by atoms with E-state index in [1.54, 1.807) is 4.68 Å². The van der Waals surface area contributed by atoms with Gasteiger partial charge in [0.15, 0.2) is 4.60 Å². The molecule has 0 aliphatic carbocycles. The summed E-state index contributed by atoms with van der Waals surface area (Å²) in [4.78, 5) is 0. The van der Waals surface area contributed by atoms with Crippen LogP contribution >= 0.6 is 15.9 Å². The predicted molar refractivity (Wildman–Crippen MR) is 55.3 cm³/mol. The molecule has 1 rings (SSSR count). The van der Waals surface area contributed by atoms with Crippen LogP contribution in [0.4, 0.5) is 0 Å². The predicted octanol–water partition coefficient (Wildman–Crippen LogP) is 1.28. The van der Waals surface area contributed by atoms with Crippen molar-refractivity contribution in [2.45, 2.75) is 19.8 Å². The first-order chi connectivity index (χ1) is 6.07. The first-order valence-corrected chi connectivity index (χ1v) is 5.12. The molecular weight excluding hydrogens is 232 g/mol. The number of rotatable bonds is 3. The van der Waals surface area contributed by atoms with Gasteiger partial charge in [0.1, 0.15) is 0 Å². The zero-order chi connectivity index (χ0) is 10.0. The largest absolute Gasteiger partial charge is 0.330 e. The van der Waals surface area contributed by atoms with Gasteiger partial charge >= 0.3 is 0 Å². The van der Waals surface area contributed by atoms with Gasteiger partial charge in [-0.2, -0.15) is 0 Å². The van der Waals surface area contributed by atoms with Gasteiger partial charge in [-0.25, -0.2) is 0 Å². The zero-order valence-electron chi connectivity index (χ0n) is 8.16. The highest BCUT2D eigenvalue weighted by molar-refractivity contribution is 9.10. The first-order valence-electron chi connectivity index (χ1n) is 4.33. The number of hydrogen-bond donors (Lipinski definition) is 1. The van der Waals surface area contributed by atoms with E-state index in [0.29, 0.717) is 18.4 Å². The maximum absolute atomic E-state index is 5.61. The zero-order valence-corrected chi connectivity index (χ0v) is 9.74. The molecule has 1 aromatic heterocycles. The van der Waals surface area contributed by atoms with E-state index in [1.807, 2.05) is 7.05 Å². The van der Waals surface area contributed by atoms with Crippen LogP contribution in [-0.2, 0) is 7.05 Å². The van der Waals surface area contributed by atoms with Crippen LogP contribution in [0.1, 0.15) is 25.5 Å². The van der Waals surface area contributed by atoms with Crippen molar-refractivity contribution in [2.75, 3.05) is 6.54 Å². The van der Waals surface area contributed by atoms with Crippen molar-refractivity contribution in [3.05, 3.63) is 10.3 Å². The number of aryl methyl sites for hydroxylation is 1. The highest BCUT2D eigenvalue weighted by Crippen LogP contribution is 2.27. The quantitative estimate of drug-likeness (QED) is 0.875. The van der Waals surface area contributed by atoms with Crippen LogP contribution in [-0.4, -0.2) is 21.5 Å². The summed E-state index contributed by atoms with van der Waals surface area (Å²) in [5.41, 5.74) is 6.72. The van der Waals surface area contributed by atoms with Crippen LogP contribution in [0, 0.1) is 5.92 Å². The molecule has 2 atom stereocenters. The molecule has 2 N–H and O–H groups in total. The Morgan fingerprint density at radius 3 is 2.54 bits per heavy atom. The Morgan fingerprint density at radius 2 is 2.15 bits per heavy atom. The van der Waals surface area contributed by atoms with Crippen molar-refractivity contribution >= 4 is 15.9 Å². The Kier molecular flexibility index (Phi) is 3.44. The summed E-state index contributed by atoms with van der Waals surface area (Å²) in [5.74, 6) is 0.813. The highest BCUT2D eigenvalue weighted by atomic mass is 79.9. The lowest BCUT2D eigenvalue weighted by Gasteiger charge is -2.17. The van der Waals surface area contributed by atoms with Crippen LogP contribution in [0.15, 0.2) is 4.60 Å². The Labute approximate surface area is 86.6 Å². The third-order valence-corrected chi connectivity index (χ3v) is 3.05. The molecule has 1 heterocycles. The van der Waals surface area contributed by atoms with E-state index in [1.165, 1.54) is 0 Å². The molecule has 0 aliphatic heterocycles. The number of nitrogens with zero attached hydrogens (tertiary/aromatic N) is 3. The minimum absolute atomic E-state index is 0.374. The molecule has 0 amide bonds. The minimum atomic E-state index is 0.374. The Morgan fingerprint density at radius 1 is 1.54 bits per heavy atom. The van der Waals surface area contributed by atoms with Gasteiger partial charge in [0.05, 0.1) is 5.69 Å². The third-order valence-electron chi connectivity index (χ3n) is 2.48. The van der Waals surface area contributed by atoms with Crippen LogP contribution in [0.2, 0.25) is 0 Å². The summed E-state index contributed by atoms with van der Waals surface area (Å²) in [7, 11) is 1.90. The van der Waals surface area contributed by atoms with Gasteiger partial charge in [-0.1, -0.05) is 19.1 Å². The lowest BCUT2D eigenvalue weighted by atomic mass is 9.93. The Balaban J connectivity index is 2.93. The summed E-state index contributed by atoms with van der Waals surface area (Å²) >= 11 is 3.38. The van der Waals surface area contributed by atoms with E-state index in [2.05, 4.69) is 40.1 Å². The summed E-state index contributed by atoms with van der Waals surface area (Å²) in [6.45, 7) is 4.95. The van der Waals surface area contributed by atoms with Crippen molar-refractivity contribution in [2.24, 2.45) is 18.7 Å². The van der Waals surface area contributed by atoms with Crippen molar-refractivity contribution in [3.8, 4) is 0 Å². The molecule has 0 bridgehead atoms. The van der Waals surface area contributed by atoms with E-state index < -0.39 is 0 Å². The molecule has 5 heteroatoms. The molecule has 74 valence electrons. The van der Waals surface area contributed by atoms with Crippen LogP contribution in [0.25, 0.3) is 0 Å². The van der Waals surface area contributed by atoms with Gasteiger partial charge in [0.25, 0.3) is 0 Å². The summed E-state index contributed by atoms with van der Waals surface area (Å²) in [6, 6.07) is 0. The van der Waals surface area contributed by atoms with E-state index in [9.17, 15) is 0 Å². The summed E-state index contributed by atoms with van der Waals surface area (Å²) < 4.78 is 2.61. The van der Waals surface area contributed by atoms with Crippen molar-refractivity contribution < 1.29 is 0 Å². The van der Waals surface area contributed by atoms with Crippen molar-refractivity contribution in [1.82, 2.24) is 15.0 Å². The summed E-state index contributed by atoms with van der Waals surface area (Å²) in [6.07, 6.45) is 0. The molecule has 0 aliphatic rings. The van der Waals surface area contributed by atoms with E-state index in [-0.39, 0.29) is 0 Å². The average Bonchev–Trinajstić information content (AvgIpc) is 2.44. The standard InChI is InChI=1S/C8H15BrN4/c1-5(4-10)6(2)7-8(9)11-12-13(7)3/h5-6H,4,10H2,1-3H3. The number of halogens is 1. The van der Waals surface area contributed by atoms with Crippen LogP contribution in [0.3, 0.4) is 0 Å². The van der Waals surface area contributed by atoms with E-state index in [0.717, 1.165) is 10.3 Å². The molecule has 0 saturated heterocycles. The Bertz CT molecular complexity index is 264. The van der Waals surface area contributed by atoms with Gasteiger partial charge in [-0.15, -0.1) is 5.10 Å². The SMILES string of the molecule is CC(CN)C(C)c1c(Br)nnn1C. The monoisotopic (exact) mass is 246 g/mol. The number of aromatic nitrogens is 3. The molecule has 0 radical (unpaired) electrons. The average molecular weight is 247 g/mol. The fraction of sp³-hybridized carbons (Fsp3) is 0.750. The molecule has 0 saturated carbocycles. The molecule has 1 aromatic rings. The first kappa shape index (κ1) is 10.7. The fourth-order valence-corrected chi connectivity index (χ4v) is 1.98. The van der Waals surface area contributed by atoms with Crippen LogP contribution in [0.5, 0.6) is 0 Å². The molecule has 4 nitrogen and oxygen atoms in total. The van der Waals surface area contributed by atoms with Gasteiger partial charge < -0.3 is 5.73 Å². The second kappa shape index (κ2) is 4.19. The van der Waals surface area contributed by atoms with Gasteiger partial charge in [-0.05, 0) is 28.4 Å². The fourth-order valence-electron chi connectivity index (χ4n) is 1.30. The molecule has 0 aromatic carbocycles. The lowest BCUT2D eigenvalue weighted by molar-refractivity contribution is 0.469. The Hall–Kier alpha value is -0.420. The van der Waals surface area contributed by atoms with Gasteiger partial charge in [-0.3, -0.25) is 4.68 Å². The second-order valence-corrected chi connectivity index (χ2v) is 4.14. The third kappa shape index (κ3) is 2.08. The number of hydrogen-bond acceptors (Lipinski definition) is 3. The second-order valence-electron chi connectivity index (χ2n) is 3.39.